The van der Waals surface area contributed by atoms with Gasteiger partial charge in [0.1, 0.15) is 17.2 Å². The van der Waals surface area contributed by atoms with Crippen LogP contribution < -0.4 is 15.6 Å². The Balaban J connectivity index is 1.87. The lowest BCUT2D eigenvalue weighted by molar-refractivity contribution is 0.102. The molecule has 2 aromatic heterocycles. The van der Waals surface area contributed by atoms with Crippen molar-refractivity contribution in [3.63, 3.8) is 0 Å². The lowest BCUT2D eigenvalue weighted by Crippen LogP contribution is -2.22. The average molecular weight is 403 g/mol. The van der Waals surface area contributed by atoms with Gasteiger partial charge in [-0.1, -0.05) is 18.2 Å². The maximum Gasteiger partial charge on any atom is 0.262 e. The largest absolute Gasteiger partial charge is 0.493 e. The number of aryl methyl sites for hydroxylation is 1. The lowest BCUT2D eigenvalue weighted by atomic mass is 10.1. The number of methoxy groups -OCH3 is 1. The number of carbonyl (C=O) groups is 1. The number of rotatable bonds is 4. The zero-order chi connectivity index (χ0) is 21.1. The first-order chi connectivity index (χ1) is 14.5. The fourth-order valence-electron chi connectivity index (χ4n) is 2.96. The van der Waals surface area contributed by atoms with Gasteiger partial charge >= 0.3 is 0 Å². The van der Waals surface area contributed by atoms with Crippen molar-refractivity contribution in [2.45, 2.75) is 6.92 Å². The van der Waals surface area contributed by atoms with E-state index in [2.05, 4.69) is 15.3 Å². The number of ether oxygens (including phenoxy) is 1. The van der Waals surface area contributed by atoms with Crippen molar-refractivity contribution in [3.8, 4) is 5.75 Å². The number of benzene rings is 2. The number of amides is 1. The third-order valence-electron chi connectivity index (χ3n) is 4.39. The Morgan fingerprint density at radius 2 is 1.87 bits per heavy atom. The van der Waals surface area contributed by atoms with Gasteiger partial charge in [-0.25, -0.2) is 14.4 Å². The fraction of sp³-hybridized carbons (Fsp3) is 0.0870. The maximum atomic E-state index is 13.3. The number of aromatic nitrogens is 1. The minimum atomic E-state index is -0.428. The van der Waals surface area contributed by atoms with Gasteiger partial charge in [-0.2, -0.15) is 0 Å². The molecule has 0 saturated carbocycles. The molecule has 2 heterocycles. The van der Waals surface area contributed by atoms with Gasteiger partial charge in [0.2, 0.25) is 5.55 Å². The second kappa shape index (κ2) is 8.16. The van der Waals surface area contributed by atoms with E-state index in [-0.39, 0.29) is 16.9 Å². The molecule has 0 aliphatic carbocycles. The summed E-state index contributed by atoms with van der Waals surface area (Å²) in [7, 11) is 1.53. The Labute approximate surface area is 171 Å². The van der Waals surface area contributed by atoms with Crippen LogP contribution in [0.1, 0.15) is 16.1 Å². The van der Waals surface area contributed by atoms with E-state index < -0.39 is 5.91 Å². The highest BCUT2D eigenvalue weighted by Gasteiger charge is 2.15. The number of nitrogens with zero attached hydrogens (tertiary/aromatic N) is 2. The Morgan fingerprint density at radius 3 is 2.60 bits per heavy atom. The summed E-state index contributed by atoms with van der Waals surface area (Å²) in [6.45, 7) is 1.84. The van der Waals surface area contributed by atoms with Gasteiger partial charge in [0.05, 0.1) is 12.8 Å². The summed E-state index contributed by atoms with van der Waals surface area (Å²) in [6.07, 6.45) is 0. The number of fused-ring (bicyclic) bond motifs is 1. The predicted octanol–water partition coefficient (Wildman–Crippen LogP) is 4.77. The van der Waals surface area contributed by atoms with Crippen LogP contribution in [0, 0.1) is 12.7 Å². The molecule has 4 aromatic rings. The normalized spacial score (nSPS) is 11.5. The number of para-hydroxylation sites is 1. The van der Waals surface area contributed by atoms with Gasteiger partial charge in [0.15, 0.2) is 11.3 Å². The number of carbonyl (C=O) groups excluding carboxylic acids is 1. The second-order valence-electron chi connectivity index (χ2n) is 6.55. The van der Waals surface area contributed by atoms with Crippen molar-refractivity contribution < 1.29 is 18.3 Å². The molecule has 0 saturated heterocycles. The molecule has 6 nitrogen and oxygen atoms in total. The number of anilines is 1. The molecule has 0 atom stereocenters. The SMILES string of the molecule is COc1cccc2cc(C(=O)Nc3cccc(C)n3)c(=Nc3ccc(F)cc3)oc12. The van der Waals surface area contributed by atoms with Gasteiger partial charge in [-0.05, 0) is 55.5 Å². The van der Waals surface area contributed by atoms with Crippen LogP contribution in [-0.2, 0) is 0 Å². The number of hydrogen-bond acceptors (Lipinski definition) is 5. The Morgan fingerprint density at radius 1 is 1.10 bits per heavy atom. The van der Waals surface area contributed by atoms with Crippen LogP contribution >= 0.6 is 0 Å². The molecule has 0 spiro atoms. The molecule has 150 valence electrons. The van der Waals surface area contributed by atoms with Crippen LogP contribution in [0.2, 0.25) is 0 Å². The third kappa shape index (κ3) is 4.05. The molecule has 1 N–H and O–H groups in total. The molecule has 0 bridgehead atoms. The van der Waals surface area contributed by atoms with Crippen molar-refractivity contribution >= 4 is 28.4 Å². The molecule has 4 rings (SSSR count). The highest BCUT2D eigenvalue weighted by Crippen LogP contribution is 2.25. The second-order valence-corrected chi connectivity index (χ2v) is 6.55. The number of halogens is 1. The summed E-state index contributed by atoms with van der Waals surface area (Å²) in [5.74, 6) is 0.117. The molecule has 0 fully saturated rings. The lowest BCUT2D eigenvalue weighted by Gasteiger charge is -2.09. The highest BCUT2D eigenvalue weighted by atomic mass is 19.1. The van der Waals surface area contributed by atoms with Crippen LogP contribution in [0.5, 0.6) is 5.75 Å². The van der Waals surface area contributed by atoms with E-state index in [1.807, 2.05) is 19.1 Å². The van der Waals surface area contributed by atoms with Gasteiger partial charge in [-0.3, -0.25) is 4.79 Å². The van der Waals surface area contributed by atoms with Gasteiger partial charge in [0, 0.05) is 11.1 Å². The minimum Gasteiger partial charge on any atom is -0.493 e. The van der Waals surface area contributed by atoms with E-state index in [1.165, 1.54) is 31.4 Å². The Bertz CT molecular complexity index is 1300. The van der Waals surface area contributed by atoms with Crippen molar-refractivity contribution in [1.29, 1.82) is 0 Å². The van der Waals surface area contributed by atoms with Crippen LogP contribution in [0.15, 0.2) is 76.1 Å². The molecule has 1 amide bonds. The van der Waals surface area contributed by atoms with Crippen molar-refractivity contribution in [2.24, 2.45) is 4.99 Å². The van der Waals surface area contributed by atoms with E-state index in [4.69, 9.17) is 9.15 Å². The summed E-state index contributed by atoms with van der Waals surface area (Å²) in [4.78, 5) is 21.7. The van der Waals surface area contributed by atoms with Gasteiger partial charge in [-0.15, -0.1) is 0 Å². The summed E-state index contributed by atoms with van der Waals surface area (Å²) >= 11 is 0. The number of nitrogens with one attached hydrogen (secondary N) is 1. The number of pyridine rings is 1. The smallest absolute Gasteiger partial charge is 0.262 e. The first kappa shape index (κ1) is 19.3. The topological polar surface area (TPSA) is 76.7 Å². The average Bonchev–Trinajstić information content (AvgIpc) is 2.74. The fourth-order valence-corrected chi connectivity index (χ4v) is 2.96. The zero-order valence-corrected chi connectivity index (χ0v) is 16.3. The van der Waals surface area contributed by atoms with E-state index in [0.29, 0.717) is 28.2 Å². The molecule has 30 heavy (non-hydrogen) atoms. The molecule has 0 unspecified atom stereocenters. The van der Waals surface area contributed by atoms with Crippen LogP contribution in [0.25, 0.3) is 11.0 Å². The first-order valence-corrected chi connectivity index (χ1v) is 9.19. The highest BCUT2D eigenvalue weighted by molar-refractivity contribution is 6.05. The van der Waals surface area contributed by atoms with E-state index >= 15 is 0 Å². The molecule has 7 heteroatoms. The van der Waals surface area contributed by atoms with Crippen molar-refractivity contribution in [2.75, 3.05) is 12.4 Å². The molecule has 0 aliphatic rings. The third-order valence-corrected chi connectivity index (χ3v) is 4.39. The van der Waals surface area contributed by atoms with Crippen LogP contribution in [0.3, 0.4) is 0 Å². The van der Waals surface area contributed by atoms with Crippen molar-refractivity contribution in [1.82, 2.24) is 4.98 Å². The minimum absolute atomic E-state index is 0.0729. The standard InChI is InChI=1S/C23H18FN3O3/c1-14-5-3-8-20(25-14)27-22(28)18-13-15-6-4-7-19(29-2)21(15)30-23(18)26-17-11-9-16(24)10-12-17/h3-13H,1-2H3,(H,25,27,28). The molecule has 0 radical (unpaired) electrons. The van der Waals surface area contributed by atoms with E-state index in [9.17, 15) is 9.18 Å². The summed E-state index contributed by atoms with van der Waals surface area (Å²) in [6, 6.07) is 18.0. The summed E-state index contributed by atoms with van der Waals surface area (Å²) in [5, 5.41) is 3.44. The zero-order valence-electron chi connectivity index (χ0n) is 16.3. The predicted molar refractivity (Wildman–Crippen MR) is 111 cm³/mol. The number of hydrogen-bond donors (Lipinski definition) is 1. The maximum absolute atomic E-state index is 13.3. The summed E-state index contributed by atoms with van der Waals surface area (Å²) in [5.41, 5.74) is 1.95. The molecular formula is C23H18FN3O3. The quantitative estimate of drug-likeness (QED) is 0.533. The van der Waals surface area contributed by atoms with Gasteiger partial charge < -0.3 is 14.5 Å². The van der Waals surface area contributed by atoms with E-state index in [1.54, 1.807) is 30.3 Å². The Kier molecular flexibility index (Phi) is 5.26. The van der Waals surface area contributed by atoms with E-state index in [0.717, 1.165) is 5.69 Å². The Hall–Kier alpha value is -4.00. The van der Waals surface area contributed by atoms with Gasteiger partial charge in [0.25, 0.3) is 5.91 Å². The molecule has 2 aromatic carbocycles. The molecule has 0 aliphatic heterocycles. The monoisotopic (exact) mass is 403 g/mol. The van der Waals surface area contributed by atoms with Crippen molar-refractivity contribution in [3.05, 3.63) is 89.4 Å². The summed E-state index contributed by atoms with van der Waals surface area (Å²) < 4.78 is 24.6. The molecular weight excluding hydrogens is 385 g/mol. The first-order valence-electron chi connectivity index (χ1n) is 9.19. The van der Waals surface area contributed by atoms with Crippen LogP contribution in [-0.4, -0.2) is 18.0 Å². The van der Waals surface area contributed by atoms with Crippen LogP contribution in [0.4, 0.5) is 15.9 Å².